The zero-order chi connectivity index (χ0) is 15.0. The van der Waals surface area contributed by atoms with Gasteiger partial charge in [0.25, 0.3) is 10.1 Å². The van der Waals surface area contributed by atoms with E-state index in [9.17, 15) is 13.5 Å². The predicted octanol–water partition coefficient (Wildman–Crippen LogP) is 3.46. The molecule has 0 radical (unpaired) electrons. The van der Waals surface area contributed by atoms with Crippen LogP contribution in [0.25, 0.3) is 21.9 Å². The van der Waals surface area contributed by atoms with Crippen LogP contribution in [0.3, 0.4) is 0 Å². The Hall–Kier alpha value is -2.37. The van der Waals surface area contributed by atoms with Crippen LogP contribution in [0.1, 0.15) is 0 Å². The number of phenols is 1. The molecule has 0 fully saturated rings. The highest BCUT2D eigenvalue weighted by molar-refractivity contribution is 7.85. The van der Waals surface area contributed by atoms with Crippen molar-refractivity contribution in [2.75, 3.05) is 0 Å². The molecule has 0 spiro atoms. The zero-order valence-corrected chi connectivity index (χ0v) is 11.7. The minimum atomic E-state index is -4.30. The van der Waals surface area contributed by atoms with Gasteiger partial charge in [-0.15, -0.1) is 0 Å². The van der Waals surface area contributed by atoms with E-state index < -0.39 is 10.1 Å². The molecule has 0 amide bonds. The van der Waals surface area contributed by atoms with Gasteiger partial charge in [0, 0.05) is 10.9 Å². The lowest BCUT2D eigenvalue weighted by Gasteiger charge is -2.09. The summed E-state index contributed by atoms with van der Waals surface area (Å²) in [5.74, 6) is -0.01000. The summed E-state index contributed by atoms with van der Waals surface area (Å²) >= 11 is 0. The van der Waals surface area contributed by atoms with Crippen molar-refractivity contribution in [1.29, 1.82) is 0 Å². The van der Waals surface area contributed by atoms with Crippen molar-refractivity contribution < 1.29 is 18.1 Å². The number of aromatic hydroxyl groups is 1. The van der Waals surface area contributed by atoms with E-state index in [-0.39, 0.29) is 10.6 Å². The van der Waals surface area contributed by atoms with Crippen molar-refractivity contribution in [3.05, 3.63) is 60.7 Å². The number of fused-ring (bicyclic) bond motifs is 1. The fourth-order valence-corrected chi connectivity index (χ4v) is 2.80. The SMILES string of the molecule is O=S(=O)(O)c1ccc2ccc(-c3ccccc3)c(O)c2c1. The van der Waals surface area contributed by atoms with Crippen LogP contribution < -0.4 is 0 Å². The highest BCUT2D eigenvalue weighted by atomic mass is 32.2. The van der Waals surface area contributed by atoms with Crippen LogP contribution in [0.4, 0.5) is 0 Å². The molecule has 21 heavy (non-hydrogen) atoms. The van der Waals surface area contributed by atoms with E-state index in [0.717, 1.165) is 5.56 Å². The maximum absolute atomic E-state index is 11.2. The summed E-state index contributed by atoms with van der Waals surface area (Å²) < 4.78 is 31.5. The molecule has 0 saturated carbocycles. The molecule has 0 atom stereocenters. The van der Waals surface area contributed by atoms with Gasteiger partial charge in [-0.3, -0.25) is 4.55 Å². The summed E-state index contributed by atoms with van der Waals surface area (Å²) in [6.07, 6.45) is 0. The standard InChI is InChI=1S/C16H12O4S/c17-16-14(11-4-2-1-3-5-11)9-7-12-6-8-13(10-15(12)16)21(18,19)20/h1-10,17H,(H,18,19,20). The molecular formula is C16H12O4S. The van der Waals surface area contributed by atoms with Crippen molar-refractivity contribution in [1.82, 2.24) is 0 Å². The number of rotatable bonds is 2. The van der Waals surface area contributed by atoms with Crippen molar-refractivity contribution in [3.8, 4) is 16.9 Å². The highest BCUT2D eigenvalue weighted by Gasteiger charge is 2.13. The van der Waals surface area contributed by atoms with E-state index in [1.807, 2.05) is 30.3 Å². The summed E-state index contributed by atoms with van der Waals surface area (Å²) in [5, 5.41) is 11.5. The molecule has 0 aliphatic rings. The van der Waals surface area contributed by atoms with Gasteiger partial charge in [-0.25, -0.2) is 0 Å². The Bertz CT molecular complexity index is 916. The Morgan fingerprint density at radius 2 is 1.52 bits per heavy atom. The third-order valence-electron chi connectivity index (χ3n) is 3.35. The molecule has 5 heteroatoms. The lowest BCUT2D eigenvalue weighted by molar-refractivity contribution is 0.482. The maximum atomic E-state index is 11.2. The molecule has 0 unspecified atom stereocenters. The van der Waals surface area contributed by atoms with E-state index in [2.05, 4.69) is 0 Å². The summed E-state index contributed by atoms with van der Waals surface area (Å²) in [6, 6.07) is 17.0. The first-order valence-electron chi connectivity index (χ1n) is 6.25. The average Bonchev–Trinajstić information content (AvgIpc) is 2.47. The van der Waals surface area contributed by atoms with Crippen LogP contribution in [-0.4, -0.2) is 18.1 Å². The second-order valence-corrected chi connectivity index (χ2v) is 6.11. The van der Waals surface area contributed by atoms with Gasteiger partial charge >= 0.3 is 0 Å². The van der Waals surface area contributed by atoms with Crippen LogP contribution in [0.15, 0.2) is 65.6 Å². The Morgan fingerprint density at radius 1 is 0.857 bits per heavy atom. The number of benzene rings is 3. The molecule has 0 heterocycles. The van der Waals surface area contributed by atoms with Gasteiger partial charge in [-0.05, 0) is 23.1 Å². The number of phenolic OH excluding ortho intramolecular Hbond substituents is 1. The van der Waals surface area contributed by atoms with E-state index in [4.69, 9.17) is 4.55 Å². The Balaban J connectivity index is 2.29. The molecule has 3 aromatic carbocycles. The molecule has 3 aromatic rings. The van der Waals surface area contributed by atoms with Crippen LogP contribution in [0.5, 0.6) is 5.75 Å². The highest BCUT2D eigenvalue weighted by Crippen LogP contribution is 2.36. The Morgan fingerprint density at radius 3 is 2.19 bits per heavy atom. The first-order chi connectivity index (χ1) is 9.97. The third-order valence-corrected chi connectivity index (χ3v) is 4.20. The van der Waals surface area contributed by atoms with Crippen molar-refractivity contribution in [2.45, 2.75) is 4.90 Å². The Labute approximate surface area is 122 Å². The first-order valence-corrected chi connectivity index (χ1v) is 7.69. The number of hydrogen-bond donors (Lipinski definition) is 2. The summed E-state index contributed by atoms with van der Waals surface area (Å²) in [6.45, 7) is 0. The van der Waals surface area contributed by atoms with Crippen LogP contribution >= 0.6 is 0 Å². The van der Waals surface area contributed by atoms with Crippen LogP contribution in [-0.2, 0) is 10.1 Å². The van der Waals surface area contributed by atoms with Gasteiger partial charge < -0.3 is 5.11 Å². The fraction of sp³-hybridized carbons (Fsp3) is 0. The smallest absolute Gasteiger partial charge is 0.294 e. The van der Waals surface area contributed by atoms with Gasteiger partial charge in [0.05, 0.1) is 4.90 Å². The lowest BCUT2D eigenvalue weighted by Crippen LogP contribution is -1.97. The molecule has 0 aliphatic carbocycles. The fourth-order valence-electron chi connectivity index (χ4n) is 2.29. The summed E-state index contributed by atoms with van der Waals surface area (Å²) in [4.78, 5) is -0.240. The molecule has 0 bridgehead atoms. The quantitative estimate of drug-likeness (QED) is 0.711. The maximum Gasteiger partial charge on any atom is 0.294 e. The summed E-state index contributed by atoms with van der Waals surface area (Å²) in [5.41, 5.74) is 1.43. The van der Waals surface area contributed by atoms with Gasteiger partial charge in [0.15, 0.2) is 0 Å². The van der Waals surface area contributed by atoms with Gasteiger partial charge in [0.1, 0.15) is 5.75 Å². The van der Waals surface area contributed by atoms with Gasteiger partial charge in [-0.2, -0.15) is 8.42 Å². The van der Waals surface area contributed by atoms with Gasteiger partial charge in [0.2, 0.25) is 0 Å². The molecule has 3 rings (SSSR count). The van der Waals surface area contributed by atoms with E-state index in [1.54, 1.807) is 18.2 Å². The Kier molecular flexibility index (Phi) is 3.16. The van der Waals surface area contributed by atoms with Gasteiger partial charge in [-0.1, -0.05) is 48.5 Å². The molecule has 2 N–H and O–H groups in total. The lowest BCUT2D eigenvalue weighted by atomic mass is 10.00. The second kappa shape index (κ2) is 4.87. The third kappa shape index (κ3) is 2.49. The van der Waals surface area contributed by atoms with Crippen LogP contribution in [0, 0.1) is 0 Å². The van der Waals surface area contributed by atoms with E-state index in [0.29, 0.717) is 16.3 Å². The minimum absolute atomic E-state index is 0.01000. The topological polar surface area (TPSA) is 74.6 Å². The summed E-state index contributed by atoms with van der Waals surface area (Å²) in [7, 11) is -4.30. The monoisotopic (exact) mass is 300 g/mol. The normalized spacial score (nSPS) is 11.7. The first kappa shape index (κ1) is 13.6. The molecule has 4 nitrogen and oxygen atoms in total. The van der Waals surface area contributed by atoms with E-state index >= 15 is 0 Å². The molecule has 0 aromatic heterocycles. The number of hydrogen-bond acceptors (Lipinski definition) is 3. The molecular weight excluding hydrogens is 288 g/mol. The molecule has 106 valence electrons. The predicted molar refractivity (Wildman–Crippen MR) is 80.9 cm³/mol. The van der Waals surface area contributed by atoms with Crippen LogP contribution in [0.2, 0.25) is 0 Å². The average molecular weight is 300 g/mol. The van der Waals surface area contributed by atoms with E-state index in [1.165, 1.54) is 12.1 Å². The largest absolute Gasteiger partial charge is 0.507 e. The minimum Gasteiger partial charge on any atom is -0.507 e. The van der Waals surface area contributed by atoms with Crippen molar-refractivity contribution in [2.24, 2.45) is 0 Å². The molecule has 0 aliphatic heterocycles. The molecule has 0 saturated heterocycles. The zero-order valence-electron chi connectivity index (χ0n) is 10.9. The second-order valence-electron chi connectivity index (χ2n) is 4.69. The van der Waals surface area contributed by atoms with Crippen molar-refractivity contribution in [3.63, 3.8) is 0 Å². The van der Waals surface area contributed by atoms with Crippen molar-refractivity contribution >= 4 is 20.9 Å².